The van der Waals surface area contributed by atoms with Crippen molar-refractivity contribution >= 4 is 35.4 Å². The molecule has 0 unspecified atom stereocenters. The van der Waals surface area contributed by atoms with E-state index >= 15 is 0 Å². The van der Waals surface area contributed by atoms with Gasteiger partial charge in [0.2, 0.25) is 0 Å². The Balaban J connectivity index is 2.52. The lowest BCUT2D eigenvalue weighted by Crippen LogP contribution is -2.07. The molecule has 0 amide bonds. The third kappa shape index (κ3) is 3.40. The highest BCUT2D eigenvalue weighted by Crippen LogP contribution is 1.83. The number of hydrogen-bond acceptors (Lipinski definition) is 4. The highest BCUT2D eigenvalue weighted by Gasteiger charge is 1.85. The number of hydrazone groups is 1. The predicted octanol–water partition coefficient (Wildman–Crippen LogP) is 0.615. The van der Waals surface area contributed by atoms with Crippen molar-refractivity contribution in [2.45, 2.75) is 0 Å². The fraction of sp³-hybridized carbons (Fsp3) is 0. The van der Waals surface area contributed by atoms with Gasteiger partial charge in [-0.2, -0.15) is 5.10 Å². The Kier molecular flexibility index (Phi) is 3.62. The summed E-state index contributed by atoms with van der Waals surface area (Å²) in [7, 11) is 0. The molecule has 0 aliphatic heterocycles. The molecular formula is C6H6N4S2. The lowest BCUT2D eigenvalue weighted by molar-refractivity contribution is 1.07. The molecule has 1 heterocycles. The highest BCUT2D eigenvalue weighted by molar-refractivity contribution is 8.11. The van der Waals surface area contributed by atoms with Gasteiger partial charge in [-0.25, -0.2) is 0 Å². The largest absolute Gasteiger partial charge is 0.262 e. The number of nitrogens with zero attached hydrogens (tertiary/aromatic N) is 3. The summed E-state index contributed by atoms with van der Waals surface area (Å²) in [6.07, 6.45) is 6.27. The van der Waals surface area contributed by atoms with E-state index in [0.29, 0.717) is 10.0 Å². The van der Waals surface area contributed by atoms with Crippen LogP contribution in [0.3, 0.4) is 0 Å². The average molecular weight is 198 g/mol. The molecule has 0 aliphatic rings. The molecule has 0 spiro atoms. The predicted molar refractivity (Wildman–Crippen MR) is 54.3 cm³/mol. The number of thiol groups is 1. The first-order valence-electron chi connectivity index (χ1n) is 3.07. The molecule has 6 heteroatoms. The Morgan fingerprint density at radius 3 is 3.08 bits per heavy atom. The summed E-state index contributed by atoms with van der Waals surface area (Å²) >= 11 is 8.43. The molecule has 62 valence electrons. The van der Waals surface area contributed by atoms with Gasteiger partial charge in [-0.05, 0) is 0 Å². The van der Waals surface area contributed by atoms with Crippen LogP contribution >= 0.6 is 24.8 Å². The maximum absolute atomic E-state index is 4.61. The van der Waals surface area contributed by atoms with Gasteiger partial charge in [0.1, 0.15) is 5.69 Å². The van der Waals surface area contributed by atoms with E-state index in [0.717, 1.165) is 0 Å². The van der Waals surface area contributed by atoms with Crippen LogP contribution < -0.4 is 5.43 Å². The van der Waals surface area contributed by atoms with E-state index in [-0.39, 0.29) is 0 Å². The molecular weight excluding hydrogens is 192 g/mol. The van der Waals surface area contributed by atoms with Crippen molar-refractivity contribution in [2.24, 2.45) is 5.10 Å². The quantitative estimate of drug-likeness (QED) is 0.316. The monoisotopic (exact) mass is 198 g/mol. The maximum atomic E-state index is 4.61. The fourth-order valence-corrected chi connectivity index (χ4v) is 0.641. The van der Waals surface area contributed by atoms with Crippen molar-refractivity contribution in [1.82, 2.24) is 15.4 Å². The molecule has 1 aromatic rings. The minimum Gasteiger partial charge on any atom is -0.262 e. The molecule has 0 saturated carbocycles. The summed E-state index contributed by atoms with van der Waals surface area (Å²) < 4.78 is 0.315. The number of rotatable bonds is 2. The van der Waals surface area contributed by atoms with Gasteiger partial charge in [-0.3, -0.25) is 15.4 Å². The van der Waals surface area contributed by atoms with E-state index in [1.807, 2.05) is 0 Å². The molecule has 0 bridgehead atoms. The molecule has 1 N–H and O–H groups in total. The Morgan fingerprint density at radius 1 is 1.67 bits per heavy atom. The Bertz CT molecular complexity index is 285. The van der Waals surface area contributed by atoms with Crippen LogP contribution in [0.5, 0.6) is 0 Å². The summed E-state index contributed by atoms with van der Waals surface area (Å²) in [5.41, 5.74) is 3.15. The topological polar surface area (TPSA) is 50.2 Å². The number of aromatic nitrogens is 2. The minimum atomic E-state index is 0.315. The molecule has 0 aliphatic carbocycles. The van der Waals surface area contributed by atoms with Crippen molar-refractivity contribution in [3.05, 3.63) is 24.3 Å². The van der Waals surface area contributed by atoms with E-state index in [9.17, 15) is 0 Å². The molecule has 1 rings (SSSR count). The van der Waals surface area contributed by atoms with Crippen LogP contribution in [0, 0.1) is 0 Å². The molecule has 12 heavy (non-hydrogen) atoms. The maximum Gasteiger partial charge on any atom is 0.150 e. The second-order valence-electron chi connectivity index (χ2n) is 1.81. The lowest BCUT2D eigenvalue weighted by Gasteiger charge is -1.91. The molecule has 0 fully saturated rings. The van der Waals surface area contributed by atoms with Crippen LogP contribution in [0.1, 0.15) is 5.69 Å². The van der Waals surface area contributed by atoms with Gasteiger partial charge in [-0.1, -0.05) is 12.2 Å². The highest BCUT2D eigenvalue weighted by atomic mass is 32.1. The number of thiocarbonyl (C=S) groups is 1. The van der Waals surface area contributed by atoms with Crippen LogP contribution in [0.2, 0.25) is 0 Å². The molecule has 4 nitrogen and oxygen atoms in total. The van der Waals surface area contributed by atoms with Gasteiger partial charge in [0.15, 0.2) is 4.32 Å². The van der Waals surface area contributed by atoms with Crippen LogP contribution in [-0.4, -0.2) is 20.5 Å². The van der Waals surface area contributed by atoms with Crippen molar-refractivity contribution in [2.75, 3.05) is 0 Å². The van der Waals surface area contributed by atoms with Crippen LogP contribution in [0.25, 0.3) is 0 Å². The Hall–Kier alpha value is -1.01. The first-order valence-corrected chi connectivity index (χ1v) is 3.92. The lowest BCUT2D eigenvalue weighted by atomic mass is 10.5. The Morgan fingerprint density at radius 2 is 2.50 bits per heavy atom. The summed E-state index contributed by atoms with van der Waals surface area (Å²) in [5.74, 6) is 0. The summed E-state index contributed by atoms with van der Waals surface area (Å²) in [4.78, 5) is 7.80. The zero-order chi connectivity index (χ0) is 8.81. The van der Waals surface area contributed by atoms with Gasteiger partial charge in [-0.15, -0.1) is 12.6 Å². The summed E-state index contributed by atoms with van der Waals surface area (Å²) in [6.45, 7) is 0. The van der Waals surface area contributed by atoms with Crippen LogP contribution in [0.4, 0.5) is 0 Å². The first-order chi connectivity index (χ1) is 5.79. The first kappa shape index (κ1) is 9.08. The van der Waals surface area contributed by atoms with E-state index in [2.05, 4.69) is 45.3 Å². The third-order valence-corrected chi connectivity index (χ3v) is 1.13. The average Bonchev–Trinajstić information content (AvgIpc) is 2.05. The zero-order valence-corrected chi connectivity index (χ0v) is 7.72. The normalized spacial score (nSPS) is 10.1. The summed E-state index contributed by atoms with van der Waals surface area (Å²) in [6, 6.07) is 0. The Labute approximate surface area is 80.5 Å². The molecule has 0 radical (unpaired) electrons. The SMILES string of the molecule is S=C(S)N/N=C/c1cnccn1. The van der Waals surface area contributed by atoms with Gasteiger partial charge in [0.05, 0.1) is 12.4 Å². The zero-order valence-electron chi connectivity index (χ0n) is 6.01. The van der Waals surface area contributed by atoms with Crippen LogP contribution in [0.15, 0.2) is 23.7 Å². The van der Waals surface area contributed by atoms with E-state index in [1.54, 1.807) is 18.6 Å². The van der Waals surface area contributed by atoms with Gasteiger partial charge in [0.25, 0.3) is 0 Å². The van der Waals surface area contributed by atoms with Crippen LogP contribution in [-0.2, 0) is 0 Å². The molecule has 0 saturated heterocycles. The molecule has 0 atom stereocenters. The standard InChI is InChI=1S/C6H6N4S2/c11-6(12)10-9-4-5-3-7-1-2-8-5/h1-4H,(H2,10,11,12)/b9-4+. The van der Waals surface area contributed by atoms with E-state index in [4.69, 9.17) is 0 Å². The second kappa shape index (κ2) is 4.78. The van der Waals surface area contributed by atoms with Crippen molar-refractivity contribution in [1.29, 1.82) is 0 Å². The van der Waals surface area contributed by atoms with Gasteiger partial charge >= 0.3 is 0 Å². The van der Waals surface area contributed by atoms with Gasteiger partial charge < -0.3 is 0 Å². The van der Waals surface area contributed by atoms with Gasteiger partial charge in [0, 0.05) is 12.4 Å². The third-order valence-electron chi connectivity index (χ3n) is 0.940. The van der Waals surface area contributed by atoms with E-state index in [1.165, 1.54) is 6.21 Å². The number of hydrogen-bond donors (Lipinski definition) is 2. The minimum absolute atomic E-state index is 0.315. The fourth-order valence-electron chi connectivity index (χ4n) is 0.531. The van der Waals surface area contributed by atoms with Crippen molar-refractivity contribution in [3.63, 3.8) is 0 Å². The van der Waals surface area contributed by atoms with E-state index < -0.39 is 0 Å². The van der Waals surface area contributed by atoms with Crippen molar-refractivity contribution < 1.29 is 0 Å². The molecule has 1 aromatic heterocycles. The smallest absolute Gasteiger partial charge is 0.150 e. The molecule has 0 aromatic carbocycles. The second-order valence-corrected chi connectivity index (χ2v) is 2.96. The number of nitrogens with one attached hydrogen (secondary N) is 1. The summed E-state index contributed by atoms with van der Waals surface area (Å²) in [5, 5.41) is 3.75. The van der Waals surface area contributed by atoms with Crippen molar-refractivity contribution in [3.8, 4) is 0 Å².